The molecular formula is C22H13N3O. The Hall–Kier alpha value is -3.66. The van der Waals surface area contributed by atoms with Gasteiger partial charge in [0.25, 0.3) is 0 Å². The molecule has 0 bridgehead atoms. The smallest absolute Gasteiger partial charge is 0.156 e. The topological polar surface area (TPSA) is 43.9 Å². The van der Waals surface area contributed by atoms with Crippen molar-refractivity contribution in [3.63, 3.8) is 0 Å². The SMILES string of the molecule is c1ccc2c(c1)oc1cc3c4ccccc4n(-c4cnccn4)c3cc12. The molecule has 3 aromatic carbocycles. The molecule has 3 heterocycles. The molecule has 0 atom stereocenters. The number of fused-ring (bicyclic) bond motifs is 6. The van der Waals surface area contributed by atoms with E-state index in [4.69, 9.17) is 4.42 Å². The molecule has 0 saturated heterocycles. The van der Waals surface area contributed by atoms with E-state index in [1.807, 2.05) is 24.3 Å². The molecule has 0 unspecified atom stereocenters. The molecular weight excluding hydrogens is 322 g/mol. The number of hydrogen-bond acceptors (Lipinski definition) is 3. The summed E-state index contributed by atoms with van der Waals surface area (Å²) in [6, 6.07) is 20.9. The van der Waals surface area contributed by atoms with Crippen molar-refractivity contribution in [1.82, 2.24) is 14.5 Å². The van der Waals surface area contributed by atoms with E-state index in [-0.39, 0.29) is 0 Å². The van der Waals surface area contributed by atoms with E-state index in [0.717, 1.165) is 44.2 Å². The highest BCUT2D eigenvalue weighted by atomic mass is 16.3. The average Bonchev–Trinajstić information content (AvgIpc) is 3.22. The van der Waals surface area contributed by atoms with Crippen LogP contribution in [0, 0.1) is 0 Å². The van der Waals surface area contributed by atoms with Gasteiger partial charge in [-0.15, -0.1) is 0 Å². The molecule has 0 radical (unpaired) electrons. The van der Waals surface area contributed by atoms with Crippen molar-refractivity contribution in [2.45, 2.75) is 0 Å². The van der Waals surface area contributed by atoms with Gasteiger partial charge in [0.1, 0.15) is 11.2 Å². The third-order valence-electron chi connectivity index (χ3n) is 4.95. The number of nitrogens with zero attached hydrogens (tertiary/aromatic N) is 3. The third kappa shape index (κ3) is 1.73. The van der Waals surface area contributed by atoms with Gasteiger partial charge < -0.3 is 4.42 Å². The highest BCUT2D eigenvalue weighted by molar-refractivity contribution is 6.16. The zero-order valence-electron chi connectivity index (χ0n) is 13.8. The highest BCUT2D eigenvalue weighted by Gasteiger charge is 2.16. The van der Waals surface area contributed by atoms with Crippen LogP contribution < -0.4 is 0 Å². The van der Waals surface area contributed by atoms with Crippen molar-refractivity contribution in [2.75, 3.05) is 0 Å². The minimum Gasteiger partial charge on any atom is -0.456 e. The quantitative estimate of drug-likeness (QED) is 0.400. The Morgan fingerprint density at radius 2 is 1.54 bits per heavy atom. The lowest BCUT2D eigenvalue weighted by Crippen LogP contribution is -1.97. The average molecular weight is 335 g/mol. The van der Waals surface area contributed by atoms with Crippen molar-refractivity contribution >= 4 is 43.7 Å². The first-order valence-electron chi connectivity index (χ1n) is 8.51. The largest absolute Gasteiger partial charge is 0.456 e. The van der Waals surface area contributed by atoms with E-state index in [1.165, 1.54) is 5.39 Å². The maximum atomic E-state index is 6.09. The summed E-state index contributed by atoms with van der Waals surface area (Å²) < 4.78 is 8.25. The molecule has 6 rings (SSSR count). The number of aromatic nitrogens is 3. The second kappa shape index (κ2) is 4.92. The molecule has 0 fully saturated rings. The van der Waals surface area contributed by atoms with Crippen LogP contribution in [0.4, 0.5) is 0 Å². The van der Waals surface area contributed by atoms with Crippen molar-refractivity contribution < 1.29 is 4.42 Å². The maximum absolute atomic E-state index is 6.09. The lowest BCUT2D eigenvalue weighted by Gasteiger charge is -2.05. The van der Waals surface area contributed by atoms with Crippen LogP contribution in [0.15, 0.2) is 83.7 Å². The summed E-state index contributed by atoms with van der Waals surface area (Å²) in [7, 11) is 0. The summed E-state index contributed by atoms with van der Waals surface area (Å²) in [5.74, 6) is 0.811. The first-order valence-corrected chi connectivity index (χ1v) is 8.51. The first kappa shape index (κ1) is 13.6. The predicted molar refractivity (Wildman–Crippen MR) is 104 cm³/mol. The van der Waals surface area contributed by atoms with Crippen molar-refractivity contribution in [2.24, 2.45) is 0 Å². The van der Waals surface area contributed by atoms with Crippen LogP contribution in [0.5, 0.6) is 0 Å². The monoisotopic (exact) mass is 335 g/mol. The zero-order chi connectivity index (χ0) is 17.1. The van der Waals surface area contributed by atoms with Gasteiger partial charge in [-0.2, -0.15) is 0 Å². The lowest BCUT2D eigenvalue weighted by molar-refractivity contribution is 0.669. The fourth-order valence-electron chi connectivity index (χ4n) is 3.84. The summed E-state index contributed by atoms with van der Waals surface area (Å²) in [5, 5.41) is 4.56. The zero-order valence-corrected chi connectivity index (χ0v) is 13.8. The molecule has 122 valence electrons. The Kier molecular flexibility index (Phi) is 2.58. The second-order valence-electron chi connectivity index (χ2n) is 6.38. The number of rotatable bonds is 1. The van der Waals surface area contributed by atoms with Crippen LogP contribution >= 0.6 is 0 Å². The number of hydrogen-bond donors (Lipinski definition) is 0. The van der Waals surface area contributed by atoms with Crippen LogP contribution in [-0.4, -0.2) is 14.5 Å². The molecule has 0 spiro atoms. The molecule has 6 aromatic rings. The van der Waals surface area contributed by atoms with Crippen molar-refractivity contribution in [3.8, 4) is 5.82 Å². The highest BCUT2D eigenvalue weighted by Crippen LogP contribution is 2.37. The normalized spacial score (nSPS) is 11.8. The summed E-state index contributed by atoms with van der Waals surface area (Å²) in [6.45, 7) is 0. The molecule has 0 amide bonds. The molecule has 0 aliphatic rings. The van der Waals surface area contributed by atoms with Crippen molar-refractivity contribution in [3.05, 3.63) is 79.3 Å². The Labute approximate surface area is 148 Å². The van der Waals surface area contributed by atoms with Gasteiger partial charge in [0, 0.05) is 33.9 Å². The fourth-order valence-corrected chi connectivity index (χ4v) is 3.84. The van der Waals surface area contributed by atoms with Crippen LogP contribution in [-0.2, 0) is 0 Å². The van der Waals surface area contributed by atoms with Crippen LogP contribution in [0.2, 0.25) is 0 Å². The second-order valence-corrected chi connectivity index (χ2v) is 6.38. The Morgan fingerprint density at radius 1 is 0.692 bits per heavy atom. The van der Waals surface area contributed by atoms with Gasteiger partial charge in [-0.05, 0) is 24.3 Å². The molecule has 0 N–H and O–H groups in total. The van der Waals surface area contributed by atoms with E-state index in [0.29, 0.717) is 0 Å². The first-order chi connectivity index (χ1) is 12.9. The number of furan rings is 1. The van der Waals surface area contributed by atoms with Crippen LogP contribution in [0.3, 0.4) is 0 Å². The Morgan fingerprint density at radius 3 is 2.42 bits per heavy atom. The van der Waals surface area contributed by atoms with E-state index < -0.39 is 0 Å². The molecule has 4 nitrogen and oxygen atoms in total. The van der Waals surface area contributed by atoms with Crippen LogP contribution in [0.25, 0.3) is 49.6 Å². The van der Waals surface area contributed by atoms with E-state index in [9.17, 15) is 0 Å². The number of benzene rings is 3. The predicted octanol–water partition coefficient (Wildman–Crippen LogP) is 5.47. The minimum atomic E-state index is 0.811. The molecule has 0 aliphatic carbocycles. The van der Waals surface area contributed by atoms with Gasteiger partial charge in [-0.3, -0.25) is 9.55 Å². The Bertz CT molecular complexity index is 1430. The van der Waals surface area contributed by atoms with Gasteiger partial charge in [-0.1, -0.05) is 36.4 Å². The van der Waals surface area contributed by atoms with Gasteiger partial charge in [0.05, 0.1) is 17.2 Å². The fraction of sp³-hybridized carbons (Fsp3) is 0. The maximum Gasteiger partial charge on any atom is 0.156 e. The molecule has 3 aromatic heterocycles. The van der Waals surface area contributed by atoms with Gasteiger partial charge in [0.15, 0.2) is 5.82 Å². The molecule has 0 aliphatic heterocycles. The molecule has 0 saturated carbocycles. The minimum absolute atomic E-state index is 0.811. The lowest BCUT2D eigenvalue weighted by atomic mass is 10.1. The summed E-state index contributed by atoms with van der Waals surface area (Å²) in [4.78, 5) is 8.78. The van der Waals surface area contributed by atoms with Gasteiger partial charge >= 0.3 is 0 Å². The van der Waals surface area contributed by atoms with Gasteiger partial charge in [0.2, 0.25) is 0 Å². The number of para-hydroxylation sites is 2. The third-order valence-corrected chi connectivity index (χ3v) is 4.95. The van der Waals surface area contributed by atoms with E-state index in [1.54, 1.807) is 18.6 Å². The summed E-state index contributed by atoms with van der Waals surface area (Å²) >= 11 is 0. The van der Waals surface area contributed by atoms with E-state index >= 15 is 0 Å². The standard InChI is InChI=1S/C22H13N3O/c1-3-7-18-14(5-1)16-12-21-17(15-6-2-4-8-20(15)26-21)11-19(16)25(18)22-13-23-9-10-24-22/h1-13H. The van der Waals surface area contributed by atoms with Crippen molar-refractivity contribution in [1.29, 1.82) is 0 Å². The van der Waals surface area contributed by atoms with Gasteiger partial charge in [-0.25, -0.2) is 4.98 Å². The van der Waals surface area contributed by atoms with E-state index in [2.05, 4.69) is 50.9 Å². The Balaban J connectivity index is 1.86. The molecule has 4 heteroatoms. The molecule has 26 heavy (non-hydrogen) atoms. The van der Waals surface area contributed by atoms with Crippen LogP contribution in [0.1, 0.15) is 0 Å². The summed E-state index contributed by atoms with van der Waals surface area (Å²) in [6.07, 6.45) is 5.21. The summed E-state index contributed by atoms with van der Waals surface area (Å²) in [5.41, 5.74) is 4.02.